The van der Waals surface area contributed by atoms with Crippen LogP contribution in [-0.2, 0) is 11.2 Å². The van der Waals surface area contributed by atoms with Crippen LogP contribution in [0.1, 0.15) is 30.4 Å². The molecule has 2 aromatic carbocycles. The Labute approximate surface area is 151 Å². The maximum absolute atomic E-state index is 11.9. The normalized spacial score (nSPS) is 10.9. The summed E-state index contributed by atoms with van der Waals surface area (Å²) < 4.78 is 6.17. The summed E-state index contributed by atoms with van der Waals surface area (Å²) >= 11 is 3.48. The summed E-state index contributed by atoms with van der Waals surface area (Å²) in [6.45, 7) is 0. The summed E-state index contributed by atoms with van der Waals surface area (Å²) in [5.41, 5.74) is 2.14. The molecule has 4 heteroatoms. The van der Waals surface area contributed by atoms with E-state index in [1.54, 1.807) is 43.5 Å². The van der Waals surface area contributed by atoms with E-state index in [1.165, 1.54) is 5.56 Å². The van der Waals surface area contributed by atoms with Crippen LogP contribution in [0, 0.1) is 0 Å². The molecule has 0 bridgehead atoms. The van der Waals surface area contributed by atoms with Gasteiger partial charge in [-0.1, -0.05) is 24.3 Å². The summed E-state index contributed by atoms with van der Waals surface area (Å²) in [6, 6.07) is 12.8. The first-order chi connectivity index (χ1) is 11.6. The van der Waals surface area contributed by atoms with E-state index in [2.05, 4.69) is 28.1 Å². The number of hydrogen-bond acceptors (Lipinski definition) is 3. The van der Waals surface area contributed by atoms with Gasteiger partial charge in [-0.05, 0) is 76.7 Å². The minimum atomic E-state index is 0.124. The molecule has 0 saturated heterocycles. The van der Waals surface area contributed by atoms with E-state index in [0.717, 1.165) is 35.0 Å². The highest BCUT2D eigenvalue weighted by Crippen LogP contribution is 2.26. The maximum atomic E-state index is 11.9. The molecule has 0 heterocycles. The molecule has 1 N–H and O–H groups in total. The van der Waals surface area contributed by atoms with E-state index in [9.17, 15) is 9.90 Å². The fourth-order valence-corrected chi connectivity index (χ4v) is 2.94. The van der Waals surface area contributed by atoms with Crippen molar-refractivity contribution in [3.05, 3.63) is 64.1 Å². The summed E-state index contributed by atoms with van der Waals surface area (Å²) in [5, 5.41) is 9.22. The first-order valence-electron chi connectivity index (χ1n) is 7.91. The zero-order chi connectivity index (χ0) is 17.4. The maximum Gasteiger partial charge on any atom is 0.155 e. The van der Waals surface area contributed by atoms with Gasteiger partial charge in [-0.3, -0.25) is 4.79 Å². The van der Waals surface area contributed by atoms with Crippen molar-refractivity contribution in [2.24, 2.45) is 0 Å². The Balaban J connectivity index is 1.72. The molecule has 0 aliphatic rings. The van der Waals surface area contributed by atoms with Gasteiger partial charge in [-0.15, -0.1) is 0 Å². The molecule has 24 heavy (non-hydrogen) atoms. The zero-order valence-electron chi connectivity index (χ0n) is 13.7. The molecule has 0 saturated carbocycles. The van der Waals surface area contributed by atoms with E-state index in [0.29, 0.717) is 6.42 Å². The highest BCUT2D eigenvalue weighted by Gasteiger charge is 2.02. The molecule has 0 aliphatic carbocycles. The second-order valence-corrected chi connectivity index (χ2v) is 6.42. The smallest absolute Gasteiger partial charge is 0.155 e. The van der Waals surface area contributed by atoms with Crippen molar-refractivity contribution in [2.45, 2.75) is 25.7 Å². The largest absolute Gasteiger partial charge is 0.508 e. The lowest BCUT2D eigenvalue weighted by molar-refractivity contribution is -0.114. The van der Waals surface area contributed by atoms with Crippen LogP contribution < -0.4 is 4.74 Å². The van der Waals surface area contributed by atoms with Crippen LogP contribution in [0.5, 0.6) is 11.5 Å². The summed E-state index contributed by atoms with van der Waals surface area (Å²) in [6.07, 6.45) is 6.71. The van der Waals surface area contributed by atoms with E-state index >= 15 is 0 Å². The Kier molecular flexibility index (Phi) is 7.07. The number of ether oxygens (including phenoxy) is 1. The van der Waals surface area contributed by atoms with E-state index < -0.39 is 0 Å². The summed E-state index contributed by atoms with van der Waals surface area (Å²) in [5.74, 6) is 1.18. The van der Waals surface area contributed by atoms with Crippen molar-refractivity contribution < 1.29 is 14.6 Å². The average Bonchev–Trinajstić information content (AvgIpc) is 2.58. The molecule has 126 valence electrons. The molecule has 2 aromatic rings. The van der Waals surface area contributed by atoms with Crippen LogP contribution >= 0.6 is 15.9 Å². The Morgan fingerprint density at radius 3 is 2.58 bits per heavy atom. The molecule has 0 amide bonds. The Morgan fingerprint density at radius 1 is 1.17 bits per heavy atom. The van der Waals surface area contributed by atoms with Gasteiger partial charge >= 0.3 is 0 Å². The number of allylic oxidation sites excluding steroid dienone is 1. The number of rotatable bonds is 8. The first kappa shape index (κ1) is 18.3. The van der Waals surface area contributed by atoms with E-state index in [4.69, 9.17) is 4.74 Å². The van der Waals surface area contributed by atoms with Gasteiger partial charge in [0, 0.05) is 6.42 Å². The number of halogens is 1. The number of phenolic OH excluding ortho intramolecular Hbond substituents is 1. The topological polar surface area (TPSA) is 46.5 Å². The van der Waals surface area contributed by atoms with Gasteiger partial charge in [0.2, 0.25) is 0 Å². The monoisotopic (exact) mass is 388 g/mol. The predicted molar refractivity (Wildman–Crippen MR) is 100 cm³/mol. The van der Waals surface area contributed by atoms with Gasteiger partial charge in [0.1, 0.15) is 11.5 Å². The lowest BCUT2D eigenvalue weighted by Gasteiger charge is -2.06. The fourth-order valence-electron chi connectivity index (χ4n) is 2.35. The Bertz CT molecular complexity index is 705. The highest BCUT2D eigenvalue weighted by atomic mass is 79.9. The van der Waals surface area contributed by atoms with Gasteiger partial charge < -0.3 is 9.84 Å². The van der Waals surface area contributed by atoms with Crippen LogP contribution in [-0.4, -0.2) is 18.0 Å². The fraction of sp³-hybridized carbons (Fsp3) is 0.250. The Hall–Kier alpha value is -2.07. The van der Waals surface area contributed by atoms with Gasteiger partial charge in [0.15, 0.2) is 5.78 Å². The van der Waals surface area contributed by atoms with Crippen molar-refractivity contribution in [1.29, 1.82) is 0 Å². The lowest BCUT2D eigenvalue weighted by Crippen LogP contribution is -1.94. The van der Waals surface area contributed by atoms with Crippen molar-refractivity contribution in [1.82, 2.24) is 0 Å². The molecule has 2 rings (SSSR count). The third kappa shape index (κ3) is 5.85. The van der Waals surface area contributed by atoms with Crippen LogP contribution in [0.4, 0.5) is 0 Å². The third-order valence-corrected chi connectivity index (χ3v) is 4.33. The molecule has 0 atom stereocenters. The zero-order valence-corrected chi connectivity index (χ0v) is 15.3. The quantitative estimate of drug-likeness (QED) is 0.501. The predicted octanol–water partition coefficient (Wildman–Crippen LogP) is 5.16. The minimum absolute atomic E-state index is 0.124. The molecule has 3 nitrogen and oxygen atoms in total. The van der Waals surface area contributed by atoms with Crippen LogP contribution in [0.25, 0.3) is 6.08 Å². The molecule has 0 unspecified atom stereocenters. The average molecular weight is 389 g/mol. The van der Waals surface area contributed by atoms with E-state index in [1.807, 2.05) is 6.07 Å². The molecule has 0 aromatic heterocycles. The van der Waals surface area contributed by atoms with Crippen molar-refractivity contribution >= 4 is 27.8 Å². The highest BCUT2D eigenvalue weighted by molar-refractivity contribution is 9.10. The van der Waals surface area contributed by atoms with Crippen molar-refractivity contribution in [3.63, 3.8) is 0 Å². The van der Waals surface area contributed by atoms with Crippen LogP contribution in [0.3, 0.4) is 0 Å². The molecule has 0 spiro atoms. The standard InChI is InChI=1S/C20H21BrO3/c1-24-20-13-9-16(14-19(20)21)4-2-3-5-17(22)10-6-15-7-11-18(23)12-8-15/h6-14,23H,2-5H2,1H3/b10-6+. The summed E-state index contributed by atoms with van der Waals surface area (Å²) in [7, 11) is 1.65. The molecule has 0 aliphatic heterocycles. The number of hydrogen-bond donors (Lipinski definition) is 1. The number of aromatic hydroxyl groups is 1. The number of benzene rings is 2. The summed E-state index contributed by atoms with van der Waals surface area (Å²) in [4.78, 5) is 11.9. The number of aryl methyl sites for hydroxylation is 1. The first-order valence-corrected chi connectivity index (χ1v) is 8.70. The van der Waals surface area contributed by atoms with Crippen LogP contribution in [0.2, 0.25) is 0 Å². The second kappa shape index (κ2) is 9.28. The molecule has 0 fully saturated rings. The number of carbonyl (C=O) groups is 1. The van der Waals surface area contributed by atoms with Gasteiger partial charge in [0.05, 0.1) is 11.6 Å². The molecular weight excluding hydrogens is 368 g/mol. The second-order valence-electron chi connectivity index (χ2n) is 5.57. The van der Waals surface area contributed by atoms with Crippen molar-refractivity contribution in [3.8, 4) is 11.5 Å². The number of methoxy groups -OCH3 is 1. The van der Waals surface area contributed by atoms with Crippen molar-refractivity contribution in [2.75, 3.05) is 7.11 Å². The number of unbranched alkanes of at least 4 members (excludes halogenated alkanes) is 1. The molecule has 0 radical (unpaired) electrons. The van der Waals surface area contributed by atoms with Crippen LogP contribution in [0.15, 0.2) is 53.0 Å². The minimum Gasteiger partial charge on any atom is -0.508 e. The SMILES string of the molecule is COc1ccc(CCCCC(=O)/C=C/c2ccc(O)cc2)cc1Br. The van der Waals surface area contributed by atoms with E-state index in [-0.39, 0.29) is 11.5 Å². The third-order valence-electron chi connectivity index (χ3n) is 3.71. The number of ketones is 1. The Morgan fingerprint density at radius 2 is 1.92 bits per heavy atom. The van der Waals surface area contributed by atoms with Gasteiger partial charge in [0.25, 0.3) is 0 Å². The molecular formula is C20H21BrO3. The number of phenols is 1. The lowest BCUT2D eigenvalue weighted by atomic mass is 10.1. The number of carbonyl (C=O) groups excluding carboxylic acids is 1. The van der Waals surface area contributed by atoms with Gasteiger partial charge in [-0.25, -0.2) is 0 Å². The van der Waals surface area contributed by atoms with Gasteiger partial charge in [-0.2, -0.15) is 0 Å².